The molecule has 0 amide bonds. The van der Waals surface area contributed by atoms with Crippen molar-refractivity contribution in [1.82, 2.24) is 0 Å². The molecule has 0 radical (unpaired) electrons. The maximum Gasteiger partial charge on any atom is 0.338 e. The van der Waals surface area contributed by atoms with Crippen molar-refractivity contribution in [2.75, 3.05) is 6.26 Å². The second kappa shape index (κ2) is 6.30. The number of hydrogen-bond acceptors (Lipinski definition) is 3. The third-order valence-corrected chi connectivity index (χ3v) is 2.24. The van der Waals surface area contributed by atoms with Crippen molar-refractivity contribution in [3.05, 3.63) is 35.4 Å². The van der Waals surface area contributed by atoms with Crippen LogP contribution in [0.15, 0.2) is 28.7 Å². The van der Waals surface area contributed by atoms with E-state index in [2.05, 4.69) is 4.40 Å². The summed E-state index contributed by atoms with van der Waals surface area (Å²) in [6.07, 6.45) is 2.87. The fourth-order valence-electron chi connectivity index (χ4n) is 1.12. The Morgan fingerprint density at radius 2 is 1.94 bits per heavy atom. The summed E-state index contributed by atoms with van der Waals surface area (Å²) in [6.45, 7) is 3.60. The van der Waals surface area contributed by atoms with Gasteiger partial charge in [0.25, 0.3) is 0 Å². The van der Waals surface area contributed by atoms with Crippen molar-refractivity contribution in [3.8, 4) is 0 Å². The van der Waals surface area contributed by atoms with E-state index in [4.69, 9.17) is 4.74 Å². The van der Waals surface area contributed by atoms with Crippen LogP contribution in [0.3, 0.4) is 0 Å². The van der Waals surface area contributed by atoms with E-state index >= 15 is 0 Å². The Labute approximate surface area is 103 Å². The van der Waals surface area contributed by atoms with E-state index in [-0.39, 0.29) is 12.1 Å². The van der Waals surface area contributed by atoms with Crippen LogP contribution in [-0.2, 0) is 15.7 Å². The normalized spacial score (nSPS) is 12.9. The predicted molar refractivity (Wildman–Crippen MR) is 68.7 cm³/mol. The molecule has 0 spiro atoms. The Morgan fingerprint density at radius 3 is 2.41 bits per heavy atom. The van der Waals surface area contributed by atoms with Crippen LogP contribution in [-0.4, -0.2) is 28.8 Å². The summed E-state index contributed by atoms with van der Waals surface area (Å²) in [5.41, 5.74) is 1.29. The first kappa shape index (κ1) is 13.6. The van der Waals surface area contributed by atoms with Crippen molar-refractivity contribution in [3.63, 3.8) is 0 Å². The molecule has 0 saturated heterocycles. The first-order chi connectivity index (χ1) is 7.99. The number of rotatable bonds is 4. The molecule has 0 fully saturated rings. The average Bonchev–Trinajstić information content (AvgIpc) is 2.26. The van der Waals surface area contributed by atoms with Gasteiger partial charge in [0.05, 0.1) is 11.7 Å². The van der Waals surface area contributed by atoms with Gasteiger partial charge in [-0.15, -0.1) is 0 Å². The molecule has 1 atom stereocenters. The first-order valence-corrected chi connectivity index (χ1v) is 6.69. The van der Waals surface area contributed by atoms with Crippen LogP contribution in [0.2, 0.25) is 0 Å². The zero-order valence-electron chi connectivity index (χ0n) is 10.0. The number of carbonyl (C=O) groups is 1. The monoisotopic (exact) mass is 253 g/mol. The van der Waals surface area contributed by atoms with E-state index in [1.54, 1.807) is 38.1 Å². The molecule has 92 valence electrons. The number of hydrogen-bond donors (Lipinski definition) is 0. The predicted octanol–water partition coefficient (Wildman–Crippen LogP) is 1.96. The number of esters is 1. The first-order valence-electron chi connectivity index (χ1n) is 5.17. The lowest BCUT2D eigenvalue weighted by molar-refractivity contribution is 0.0378. The standard InChI is InChI=1S/C12H15NO3S/c1-9(2)16-12(14)11-6-4-10(5-7-11)8-13-17(3)15/h4-9H,1-3H3. The minimum Gasteiger partial charge on any atom is -0.459 e. The van der Waals surface area contributed by atoms with Crippen LogP contribution < -0.4 is 0 Å². The zero-order valence-corrected chi connectivity index (χ0v) is 10.9. The van der Waals surface area contributed by atoms with Gasteiger partial charge in [-0.05, 0) is 31.5 Å². The van der Waals surface area contributed by atoms with E-state index in [0.717, 1.165) is 5.56 Å². The van der Waals surface area contributed by atoms with Crippen LogP contribution in [0.4, 0.5) is 0 Å². The minimum atomic E-state index is -1.21. The van der Waals surface area contributed by atoms with Gasteiger partial charge in [-0.3, -0.25) is 0 Å². The van der Waals surface area contributed by atoms with Gasteiger partial charge in [-0.2, -0.15) is 4.40 Å². The third kappa shape index (κ3) is 4.91. The molecule has 0 aromatic heterocycles. The van der Waals surface area contributed by atoms with Crippen LogP contribution in [0.25, 0.3) is 0 Å². The maximum absolute atomic E-state index is 11.5. The third-order valence-electron chi connectivity index (χ3n) is 1.84. The van der Waals surface area contributed by atoms with E-state index < -0.39 is 11.0 Å². The Hall–Kier alpha value is -1.49. The SMILES string of the molecule is CC(C)OC(=O)c1ccc(C=NS(C)=O)cc1. The highest BCUT2D eigenvalue weighted by molar-refractivity contribution is 7.83. The van der Waals surface area contributed by atoms with Crippen LogP contribution in [0.1, 0.15) is 29.8 Å². The molecule has 5 heteroatoms. The zero-order chi connectivity index (χ0) is 12.8. The second-order valence-corrected chi connectivity index (χ2v) is 4.79. The highest BCUT2D eigenvalue weighted by atomic mass is 32.2. The van der Waals surface area contributed by atoms with Crippen molar-refractivity contribution < 1.29 is 13.7 Å². The van der Waals surface area contributed by atoms with Crippen molar-refractivity contribution >= 4 is 23.2 Å². The Morgan fingerprint density at radius 1 is 1.35 bits per heavy atom. The van der Waals surface area contributed by atoms with Gasteiger partial charge < -0.3 is 4.74 Å². The molecule has 1 aromatic rings. The van der Waals surface area contributed by atoms with E-state index in [9.17, 15) is 9.00 Å². The largest absolute Gasteiger partial charge is 0.459 e. The molecular weight excluding hydrogens is 238 g/mol. The highest BCUT2D eigenvalue weighted by Crippen LogP contribution is 2.06. The van der Waals surface area contributed by atoms with E-state index in [1.165, 1.54) is 12.5 Å². The molecule has 0 bridgehead atoms. The van der Waals surface area contributed by atoms with Crippen LogP contribution >= 0.6 is 0 Å². The fourth-order valence-corrected chi connectivity index (χ4v) is 1.39. The van der Waals surface area contributed by atoms with E-state index in [1.807, 2.05) is 0 Å². The molecule has 0 N–H and O–H groups in total. The van der Waals surface area contributed by atoms with Crippen LogP contribution in [0.5, 0.6) is 0 Å². The number of carbonyl (C=O) groups excluding carboxylic acids is 1. The maximum atomic E-state index is 11.5. The quantitative estimate of drug-likeness (QED) is 0.609. The Kier molecular flexibility index (Phi) is 5.03. The van der Waals surface area contributed by atoms with Gasteiger partial charge in [0.1, 0.15) is 11.0 Å². The topological polar surface area (TPSA) is 55.7 Å². The fraction of sp³-hybridized carbons (Fsp3) is 0.333. The van der Waals surface area contributed by atoms with Gasteiger partial charge in [-0.1, -0.05) is 12.1 Å². The molecule has 4 nitrogen and oxygen atoms in total. The second-order valence-electron chi connectivity index (χ2n) is 3.73. The summed E-state index contributed by atoms with van der Waals surface area (Å²) < 4.78 is 19.6. The molecule has 0 aliphatic heterocycles. The summed E-state index contributed by atoms with van der Waals surface area (Å²) in [6, 6.07) is 6.77. The molecule has 17 heavy (non-hydrogen) atoms. The molecule has 0 saturated carbocycles. The van der Waals surface area contributed by atoms with Crippen molar-refractivity contribution in [2.45, 2.75) is 20.0 Å². The van der Waals surface area contributed by atoms with Gasteiger partial charge >= 0.3 is 5.97 Å². The summed E-state index contributed by atoms with van der Waals surface area (Å²) in [5, 5.41) is 0. The number of benzene rings is 1. The minimum absolute atomic E-state index is 0.133. The molecule has 1 aromatic carbocycles. The van der Waals surface area contributed by atoms with Gasteiger partial charge in [-0.25, -0.2) is 9.00 Å². The lowest BCUT2D eigenvalue weighted by atomic mass is 10.1. The molecule has 1 unspecified atom stereocenters. The summed E-state index contributed by atoms with van der Waals surface area (Å²) >= 11 is 0. The van der Waals surface area contributed by atoms with Crippen LogP contribution in [0, 0.1) is 0 Å². The smallest absolute Gasteiger partial charge is 0.338 e. The Balaban J connectivity index is 2.74. The lowest BCUT2D eigenvalue weighted by Crippen LogP contribution is -2.11. The average molecular weight is 253 g/mol. The van der Waals surface area contributed by atoms with Gasteiger partial charge in [0.15, 0.2) is 0 Å². The van der Waals surface area contributed by atoms with Gasteiger partial charge in [0.2, 0.25) is 0 Å². The summed E-state index contributed by atoms with van der Waals surface area (Å²) in [4.78, 5) is 11.5. The molecule has 0 aliphatic rings. The number of nitrogens with zero attached hydrogens (tertiary/aromatic N) is 1. The molecular formula is C12H15NO3S. The van der Waals surface area contributed by atoms with Crippen molar-refractivity contribution in [1.29, 1.82) is 0 Å². The van der Waals surface area contributed by atoms with Crippen molar-refractivity contribution in [2.24, 2.45) is 4.40 Å². The molecule has 1 rings (SSSR count). The number of ether oxygens (including phenoxy) is 1. The Bertz CT molecular complexity index is 438. The summed E-state index contributed by atoms with van der Waals surface area (Å²) in [7, 11) is -1.21. The lowest BCUT2D eigenvalue weighted by Gasteiger charge is -2.07. The molecule has 0 aliphatic carbocycles. The van der Waals surface area contributed by atoms with Gasteiger partial charge in [0, 0.05) is 12.5 Å². The molecule has 0 heterocycles. The van der Waals surface area contributed by atoms with E-state index in [0.29, 0.717) is 5.56 Å². The highest BCUT2D eigenvalue weighted by Gasteiger charge is 2.08. The summed E-state index contributed by atoms with van der Waals surface area (Å²) in [5.74, 6) is -0.345.